The van der Waals surface area contributed by atoms with Gasteiger partial charge in [-0.2, -0.15) is 0 Å². The number of carbonyl (C=O) groups excluding carboxylic acids is 2. The lowest BCUT2D eigenvalue weighted by atomic mass is 10.00. The topological polar surface area (TPSA) is 90.9 Å². The molecule has 170 valence electrons. The average Bonchev–Trinajstić information content (AvgIpc) is 2.86. The first kappa shape index (κ1) is 22.4. The number of nitrogens with one attached hydrogen (secondary N) is 2. The standard InChI is InChI=1S/C26H27N3O4/c1-29(22-8-6-18-10-11-27-16-21(18)13-22)26(32)20-5-3-4-17(12-20)15-28-25(31)19-7-9-24(33-2)23(30)14-19/h3-9,12-14,27,30H,10-11,15-16H2,1-2H3,(H,28,31). The highest BCUT2D eigenvalue weighted by Crippen LogP contribution is 2.26. The monoisotopic (exact) mass is 445 g/mol. The number of carbonyl (C=O) groups is 2. The molecule has 0 aliphatic carbocycles. The minimum absolute atomic E-state index is 0.0984. The van der Waals surface area contributed by atoms with Crippen LogP contribution in [0.3, 0.4) is 0 Å². The van der Waals surface area contributed by atoms with E-state index in [9.17, 15) is 14.7 Å². The van der Waals surface area contributed by atoms with Crippen LogP contribution in [0.15, 0.2) is 60.7 Å². The molecule has 0 unspecified atom stereocenters. The first-order valence-electron chi connectivity index (χ1n) is 10.8. The molecule has 1 heterocycles. The van der Waals surface area contributed by atoms with Gasteiger partial charge in [-0.3, -0.25) is 9.59 Å². The van der Waals surface area contributed by atoms with E-state index in [0.29, 0.717) is 16.9 Å². The van der Waals surface area contributed by atoms with E-state index < -0.39 is 0 Å². The van der Waals surface area contributed by atoms with Crippen molar-refractivity contribution in [2.45, 2.75) is 19.5 Å². The number of phenols is 1. The Kier molecular flexibility index (Phi) is 6.60. The van der Waals surface area contributed by atoms with Crippen LogP contribution in [0.25, 0.3) is 0 Å². The van der Waals surface area contributed by atoms with E-state index >= 15 is 0 Å². The van der Waals surface area contributed by atoms with Gasteiger partial charge in [0.05, 0.1) is 7.11 Å². The number of anilines is 1. The summed E-state index contributed by atoms with van der Waals surface area (Å²) in [4.78, 5) is 27.2. The lowest BCUT2D eigenvalue weighted by Gasteiger charge is -2.22. The number of methoxy groups -OCH3 is 1. The Bertz CT molecular complexity index is 1190. The van der Waals surface area contributed by atoms with E-state index in [2.05, 4.69) is 22.8 Å². The number of hydrogen-bond donors (Lipinski definition) is 3. The minimum Gasteiger partial charge on any atom is -0.504 e. The van der Waals surface area contributed by atoms with Gasteiger partial charge in [0.1, 0.15) is 0 Å². The van der Waals surface area contributed by atoms with Crippen molar-refractivity contribution < 1.29 is 19.4 Å². The second kappa shape index (κ2) is 9.75. The van der Waals surface area contributed by atoms with Crippen molar-refractivity contribution >= 4 is 17.5 Å². The van der Waals surface area contributed by atoms with E-state index in [1.807, 2.05) is 12.1 Å². The maximum Gasteiger partial charge on any atom is 0.258 e. The van der Waals surface area contributed by atoms with E-state index in [4.69, 9.17) is 4.74 Å². The molecule has 0 saturated carbocycles. The van der Waals surface area contributed by atoms with Gasteiger partial charge in [-0.15, -0.1) is 0 Å². The third-order valence-corrected chi connectivity index (χ3v) is 5.84. The van der Waals surface area contributed by atoms with Crippen molar-refractivity contribution in [3.05, 3.63) is 88.5 Å². The molecule has 33 heavy (non-hydrogen) atoms. The molecule has 3 aromatic rings. The maximum absolute atomic E-state index is 13.1. The first-order valence-corrected chi connectivity index (χ1v) is 10.8. The molecular formula is C26H27N3O4. The predicted molar refractivity (Wildman–Crippen MR) is 127 cm³/mol. The highest BCUT2D eigenvalue weighted by Gasteiger charge is 2.17. The Morgan fingerprint density at radius 2 is 1.91 bits per heavy atom. The SMILES string of the molecule is COc1ccc(C(=O)NCc2cccc(C(=O)N(C)c3ccc4c(c3)CNCC4)c2)cc1O. The molecule has 7 nitrogen and oxygen atoms in total. The average molecular weight is 446 g/mol. The summed E-state index contributed by atoms with van der Waals surface area (Å²) in [6, 6.07) is 17.8. The molecule has 3 N–H and O–H groups in total. The fraction of sp³-hybridized carbons (Fsp3) is 0.231. The molecule has 3 aromatic carbocycles. The number of amides is 2. The summed E-state index contributed by atoms with van der Waals surface area (Å²) in [5.74, 6) is -0.243. The third kappa shape index (κ3) is 4.99. The van der Waals surface area contributed by atoms with Gasteiger partial charge < -0.3 is 25.4 Å². The molecule has 0 atom stereocenters. The van der Waals surface area contributed by atoms with Gasteiger partial charge in [-0.25, -0.2) is 0 Å². The highest BCUT2D eigenvalue weighted by molar-refractivity contribution is 6.06. The molecule has 0 saturated heterocycles. The van der Waals surface area contributed by atoms with Gasteiger partial charge in [-0.1, -0.05) is 18.2 Å². The lowest BCUT2D eigenvalue weighted by Crippen LogP contribution is -2.28. The second-order valence-corrected chi connectivity index (χ2v) is 8.01. The molecule has 0 spiro atoms. The van der Waals surface area contributed by atoms with Gasteiger partial charge in [0.15, 0.2) is 11.5 Å². The van der Waals surface area contributed by atoms with Gasteiger partial charge >= 0.3 is 0 Å². The summed E-state index contributed by atoms with van der Waals surface area (Å²) in [6.45, 7) is 2.04. The quantitative estimate of drug-likeness (QED) is 0.542. The Morgan fingerprint density at radius 1 is 1.06 bits per heavy atom. The zero-order valence-electron chi connectivity index (χ0n) is 18.7. The molecule has 1 aliphatic rings. The number of benzene rings is 3. The summed E-state index contributed by atoms with van der Waals surface area (Å²) >= 11 is 0. The van der Waals surface area contributed by atoms with Crippen LogP contribution in [-0.2, 0) is 19.5 Å². The Labute approximate surface area is 193 Å². The Hall–Kier alpha value is -3.84. The van der Waals surface area contributed by atoms with Gasteiger partial charge in [0, 0.05) is 37.0 Å². The summed E-state index contributed by atoms with van der Waals surface area (Å²) in [7, 11) is 3.22. The first-order chi connectivity index (χ1) is 16.0. The molecule has 0 aromatic heterocycles. The number of aromatic hydroxyl groups is 1. The van der Waals surface area contributed by atoms with Crippen LogP contribution in [0.2, 0.25) is 0 Å². The van der Waals surface area contributed by atoms with E-state index in [1.165, 1.54) is 30.4 Å². The summed E-state index contributed by atoms with van der Waals surface area (Å²) in [6.07, 6.45) is 0.997. The van der Waals surface area contributed by atoms with Gasteiger partial charge in [-0.05, 0) is 72.1 Å². The van der Waals surface area contributed by atoms with Crippen molar-refractivity contribution in [3.63, 3.8) is 0 Å². The van der Waals surface area contributed by atoms with Crippen LogP contribution in [0.4, 0.5) is 5.69 Å². The summed E-state index contributed by atoms with van der Waals surface area (Å²) in [5, 5.41) is 16.1. The number of nitrogens with zero attached hydrogens (tertiary/aromatic N) is 1. The van der Waals surface area contributed by atoms with Gasteiger partial charge in [0.25, 0.3) is 11.8 Å². The normalized spacial score (nSPS) is 12.5. The molecule has 0 fully saturated rings. The van der Waals surface area contributed by atoms with Gasteiger partial charge in [0.2, 0.25) is 0 Å². The highest BCUT2D eigenvalue weighted by atomic mass is 16.5. The Balaban J connectivity index is 1.43. The zero-order chi connectivity index (χ0) is 23.4. The molecule has 4 rings (SSSR count). The van der Waals surface area contributed by atoms with E-state index in [-0.39, 0.29) is 24.1 Å². The van der Waals surface area contributed by atoms with Crippen LogP contribution in [0.5, 0.6) is 11.5 Å². The number of rotatable bonds is 6. The molecule has 7 heteroatoms. The van der Waals surface area contributed by atoms with Crippen molar-refractivity contribution in [1.29, 1.82) is 0 Å². The maximum atomic E-state index is 13.1. The van der Waals surface area contributed by atoms with Crippen LogP contribution < -0.4 is 20.3 Å². The van der Waals surface area contributed by atoms with Crippen LogP contribution >= 0.6 is 0 Å². The summed E-state index contributed by atoms with van der Waals surface area (Å²) < 4.78 is 5.00. The zero-order valence-corrected chi connectivity index (χ0v) is 18.7. The van der Waals surface area contributed by atoms with Crippen LogP contribution in [0.1, 0.15) is 37.4 Å². The van der Waals surface area contributed by atoms with Crippen molar-refractivity contribution in [3.8, 4) is 11.5 Å². The fourth-order valence-electron chi connectivity index (χ4n) is 3.92. The smallest absolute Gasteiger partial charge is 0.258 e. The summed E-state index contributed by atoms with van der Waals surface area (Å²) in [5.41, 5.74) is 5.06. The van der Waals surface area contributed by atoms with Crippen molar-refractivity contribution in [1.82, 2.24) is 10.6 Å². The predicted octanol–water partition coefficient (Wildman–Crippen LogP) is 3.25. The van der Waals surface area contributed by atoms with E-state index in [0.717, 1.165) is 30.8 Å². The largest absolute Gasteiger partial charge is 0.504 e. The number of ether oxygens (including phenoxy) is 1. The van der Waals surface area contributed by atoms with Crippen LogP contribution in [-0.4, -0.2) is 37.6 Å². The lowest BCUT2D eigenvalue weighted by molar-refractivity contribution is 0.0949. The molecular weight excluding hydrogens is 418 g/mol. The Morgan fingerprint density at radius 3 is 2.70 bits per heavy atom. The van der Waals surface area contributed by atoms with E-state index in [1.54, 1.807) is 36.2 Å². The number of fused-ring (bicyclic) bond motifs is 1. The molecule has 1 aliphatic heterocycles. The van der Waals surface area contributed by atoms with Crippen LogP contribution in [0, 0.1) is 0 Å². The van der Waals surface area contributed by atoms with Crippen molar-refractivity contribution in [2.75, 3.05) is 25.6 Å². The second-order valence-electron chi connectivity index (χ2n) is 8.01. The number of phenolic OH excluding ortho intramolecular Hbond substituents is 1. The molecule has 2 amide bonds. The fourth-order valence-corrected chi connectivity index (χ4v) is 3.92. The third-order valence-electron chi connectivity index (χ3n) is 5.84. The molecule has 0 radical (unpaired) electrons. The molecule has 0 bridgehead atoms. The van der Waals surface area contributed by atoms with Crippen molar-refractivity contribution in [2.24, 2.45) is 0 Å². The number of hydrogen-bond acceptors (Lipinski definition) is 5. The minimum atomic E-state index is -0.329.